The van der Waals surface area contributed by atoms with Gasteiger partial charge in [0, 0.05) is 13.1 Å². The quantitative estimate of drug-likeness (QED) is 0.550. The molecule has 0 bridgehead atoms. The van der Waals surface area contributed by atoms with Crippen molar-refractivity contribution in [2.45, 2.75) is 19.8 Å². The molecular weight excluding hydrogens is 140 g/mol. The van der Waals surface area contributed by atoms with Crippen molar-refractivity contribution in [1.82, 2.24) is 4.90 Å². The van der Waals surface area contributed by atoms with Crippen LogP contribution in [0.2, 0.25) is 0 Å². The Morgan fingerprint density at radius 2 is 2.18 bits per heavy atom. The first-order chi connectivity index (χ1) is 5.34. The van der Waals surface area contributed by atoms with Crippen LogP contribution < -0.4 is 0 Å². The van der Waals surface area contributed by atoms with E-state index >= 15 is 0 Å². The van der Waals surface area contributed by atoms with Gasteiger partial charge in [0.1, 0.15) is 0 Å². The molecule has 60 valence electrons. The average Bonchev–Trinajstić information content (AvgIpc) is 2.52. The highest BCUT2D eigenvalue weighted by atomic mass is 16.2. The Morgan fingerprint density at radius 1 is 1.55 bits per heavy atom. The van der Waals surface area contributed by atoms with Gasteiger partial charge in [-0.3, -0.25) is 4.79 Å². The molecule has 0 N–H and O–H groups in total. The second kappa shape index (κ2) is 3.97. The van der Waals surface area contributed by atoms with Gasteiger partial charge in [0.2, 0.25) is 0 Å². The van der Waals surface area contributed by atoms with Crippen LogP contribution in [0.4, 0.5) is 0 Å². The van der Waals surface area contributed by atoms with Crippen molar-refractivity contribution >= 4 is 5.91 Å². The Labute approximate surface area is 66.8 Å². The minimum absolute atomic E-state index is 0.136. The molecule has 1 rings (SSSR count). The van der Waals surface area contributed by atoms with Crippen molar-refractivity contribution in [3.8, 4) is 6.07 Å². The molecular formula is C8H13N2O+. The van der Waals surface area contributed by atoms with E-state index in [1.807, 2.05) is 4.90 Å². The maximum Gasteiger partial charge on any atom is 0.340 e. The van der Waals surface area contributed by atoms with Gasteiger partial charge >= 0.3 is 12.5 Å². The van der Waals surface area contributed by atoms with E-state index in [0.29, 0.717) is 0 Å². The predicted octanol–water partition coefficient (Wildman–Crippen LogP) is 0.962. The number of likely N-dealkylation sites (tertiary alicyclic amines) is 1. The molecule has 0 atom stereocenters. The summed E-state index contributed by atoms with van der Waals surface area (Å²) in [6.07, 6.45) is 2.29. The number of hydrogen-bond acceptors (Lipinski definition) is 1. The van der Waals surface area contributed by atoms with E-state index in [1.165, 1.54) is 0 Å². The first kappa shape index (κ1) is 8.06. The Balaban J connectivity index is 2.32. The lowest BCUT2D eigenvalue weighted by Gasteiger charge is -2.09. The summed E-state index contributed by atoms with van der Waals surface area (Å²) in [4.78, 5) is 16.8. The molecule has 0 aromatic heterocycles. The van der Waals surface area contributed by atoms with Crippen LogP contribution in [0.1, 0.15) is 19.8 Å². The van der Waals surface area contributed by atoms with Crippen LogP contribution in [0.5, 0.6) is 0 Å². The predicted molar refractivity (Wildman–Crippen MR) is 43.6 cm³/mol. The molecule has 11 heavy (non-hydrogen) atoms. The van der Waals surface area contributed by atoms with Crippen molar-refractivity contribution in [1.29, 1.82) is 0 Å². The fraction of sp³-hybridized carbons (Fsp3) is 0.750. The summed E-state index contributed by atoms with van der Waals surface area (Å²) in [6, 6.07) is 2.60. The first-order valence-corrected chi connectivity index (χ1v) is 3.95. The number of nitrogens with zero attached hydrogens (tertiary/aromatic N) is 2. The third-order valence-electron chi connectivity index (χ3n) is 1.83. The van der Waals surface area contributed by atoms with Gasteiger partial charge in [-0.05, 0) is 12.8 Å². The average molecular weight is 153 g/mol. The molecule has 0 aromatic carbocycles. The molecule has 1 aliphatic rings. The molecule has 0 aromatic rings. The van der Waals surface area contributed by atoms with Crippen molar-refractivity contribution in [2.75, 3.05) is 19.6 Å². The summed E-state index contributed by atoms with van der Waals surface area (Å²) in [7, 11) is 0. The zero-order valence-corrected chi connectivity index (χ0v) is 6.84. The lowest BCUT2D eigenvalue weighted by Crippen LogP contribution is -2.29. The van der Waals surface area contributed by atoms with E-state index in [-0.39, 0.29) is 12.5 Å². The van der Waals surface area contributed by atoms with Crippen LogP contribution in [-0.2, 0) is 4.79 Å². The van der Waals surface area contributed by atoms with Gasteiger partial charge in [-0.25, -0.2) is 0 Å². The normalized spacial score (nSPS) is 15.9. The molecule has 3 nitrogen and oxygen atoms in total. The molecule has 0 aliphatic carbocycles. The zero-order chi connectivity index (χ0) is 8.10. The van der Waals surface area contributed by atoms with E-state index in [4.69, 9.17) is 0 Å². The molecule has 0 unspecified atom stereocenters. The fourth-order valence-corrected chi connectivity index (χ4v) is 1.21. The summed E-state index contributed by atoms with van der Waals surface area (Å²) in [5, 5.41) is 0. The summed E-state index contributed by atoms with van der Waals surface area (Å²) < 4.78 is 0. The van der Waals surface area contributed by atoms with Crippen LogP contribution in [0.3, 0.4) is 0 Å². The molecule has 1 amide bonds. The Kier molecular flexibility index (Phi) is 2.91. The Bertz CT molecular complexity index is 196. The summed E-state index contributed by atoms with van der Waals surface area (Å²) >= 11 is 0. The van der Waals surface area contributed by atoms with Crippen molar-refractivity contribution in [3.05, 3.63) is 4.85 Å². The Morgan fingerprint density at radius 3 is 2.73 bits per heavy atom. The van der Waals surface area contributed by atoms with Crippen molar-refractivity contribution in [2.24, 2.45) is 0 Å². The lowest BCUT2D eigenvalue weighted by molar-refractivity contribution is -0.127. The van der Waals surface area contributed by atoms with Crippen molar-refractivity contribution in [3.63, 3.8) is 0 Å². The first-order valence-electron chi connectivity index (χ1n) is 3.95. The van der Waals surface area contributed by atoms with Gasteiger partial charge < -0.3 is 4.90 Å². The largest absolute Gasteiger partial charge is 0.340 e. The number of rotatable bonds is 1. The Hall–Kier alpha value is -1.04. The van der Waals surface area contributed by atoms with E-state index < -0.39 is 0 Å². The molecule has 0 saturated carbocycles. The molecule has 1 heterocycles. The number of carbonyl (C=O) groups excluding carboxylic acids is 1. The lowest BCUT2D eigenvalue weighted by atomic mass is 10.4. The van der Waals surface area contributed by atoms with Crippen LogP contribution in [0.15, 0.2) is 0 Å². The second-order valence-corrected chi connectivity index (χ2v) is 2.63. The summed E-state index contributed by atoms with van der Waals surface area (Å²) in [5.41, 5.74) is 0. The monoisotopic (exact) mass is 153 g/mol. The minimum Gasteiger partial charge on any atom is -0.336 e. The standard InChI is InChI=1S/C8H13N2O/c1-2-9-7-8(11)10-5-3-4-6-10/h3-7H2,1H3/q+1. The number of hydrogen-bond donors (Lipinski definition) is 0. The highest BCUT2D eigenvalue weighted by Crippen LogP contribution is 2.06. The van der Waals surface area contributed by atoms with E-state index in [1.54, 1.807) is 6.92 Å². The van der Waals surface area contributed by atoms with Crippen molar-refractivity contribution < 1.29 is 4.79 Å². The maximum atomic E-state index is 11.2. The van der Waals surface area contributed by atoms with Gasteiger partial charge in [-0.1, -0.05) is 4.85 Å². The highest BCUT2D eigenvalue weighted by Gasteiger charge is 2.20. The second-order valence-electron chi connectivity index (χ2n) is 2.63. The summed E-state index contributed by atoms with van der Waals surface area (Å²) in [5.74, 6) is 0.136. The fourth-order valence-electron chi connectivity index (χ4n) is 1.21. The molecule has 1 saturated heterocycles. The van der Waals surface area contributed by atoms with E-state index in [9.17, 15) is 4.79 Å². The SMILES string of the molecule is CC#[N+]CC(=O)N1CCCC1. The number of amides is 1. The van der Waals surface area contributed by atoms with Gasteiger partial charge in [-0.2, -0.15) is 0 Å². The van der Waals surface area contributed by atoms with Gasteiger partial charge in [0.25, 0.3) is 6.07 Å². The smallest absolute Gasteiger partial charge is 0.336 e. The van der Waals surface area contributed by atoms with E-state index in [2.05, 4.69) is 10.9 Å². The number of carbonyl (C=O) groups is 1. The minimum atomic E-state index is 0.136. The maximum absolute atomic E-state index is 11.2. The highest BCUT2D eigenvalue weighted by molar-refractivity contribution is 5.80. The van der Waals surface area contributed by atoms with Crippen LogP contribution >= 0.6 is 0 Å². The topological polar surface area (TPSA) is 24.7 Å². The molecule has 0 radical (unpaired) electrons. The molecule has 0 spiro atoms. The van der Waals surface area contributed by atoms with Crippen LogP contribution in [0, 0.1) is 6.07 Å². The third kappa shape index (κ3) is 2.23. The molecule has 1 aliphatic heterocycles. The van der Waals surface area contributed by atoms with E-state index in [0.717, 1.165) is 25.9 Å². The van der Waals surface area contributed by atoms with Gasteiger partial charge in [0.05, 0.1) is 6.92 Å². The molecule has 1 fully saturated rings. The van der Waals surface area contributed by atoms with Gasteiger partial charge in [-0.15, -0.1) is 0 Å². The van der Waals surface area contributed by atoms with Gasteiger partial charge in [0.15, 0.2) is 0 Å². The summed E-state index contributed by atoms with van der Waals surface area (Å²) in [6.45, 7) is 3.81. The zero-order valence-electron chi connectivity index (χ0n) is 6.84. The third-order valence-corrected chi connectivity index (χ3v) is 1.83. The molecule has 3 heteroatoms. The van der Waals surface area contributed by atoms with Crippen LogP contribution in [0.25, 0.3) is 4.85 Å². The van der Waals surface area contributed by atoms with Crippen LogP contribution in [-0.4, -0.2) is 30.4 Å².